The Hall–Kier alpha value is -4.25. The number of nitrogens with two attached hydrogens (primary N) is 1. The maximum atomic E-state index is 12.6. The van der Waals surface area contributed by atoms with E-state index in [9.17, 15) is 27.0 Å². The van der Waals surface area contributed by atoms with Gasteiger partial charge < -0.3 is 40.8 Å². The second-order valence-corrected chi connectivity index (χ2v) is 15.1. The average molecular weight is 831 g/mol. The number of hydrogen-bond acceptors (Lipinski definition) is 11. The summed E-state index contributed by atoms with van der Waals surface area (Å²) in [7, 11) is 1.03. The Kier molecular flexibility index (Phi) is 21.0. The molecular formula is C37H38Cl2NNaO11S2. The van der Waals surface area contributed by atoms with Gasteiger partial charge in [-0.2, -0.15) is 0 Å². The summed E-state index contributed by atoms with van der Waals surface area (Å²) in [6.07, 6.45) is 0. The van der Waals surface area contributed by atoms with Crippen molar-refractivity contribution < 1.29 is 81.5 Å². The smallest absolute Gasteiger partial charge is 0.550 e. The van der Waals surface area contributed by atoms with Gasteiger partial charge in [-0.25, -0.2) is 16.8 Å². The normalized spacial score (nSPS) is 10.1. The molecule has 0 atom stereocenters. The first-order valence-corrected chi connectivity index (χ1v) is 18.8. The number of nitrogen functional groups attached to an aromatic ring is 1. The van der Waals surface area contributed by atoms with E-state index in [1.54, 1.807) is 36.4 Å². The van der Waals surface area contributed by atoms with Crippen LogP contribution in [-0.4, -0.2) is 52.7 Å². The van der Waals surface area contributed by atoms with E-state index >= 15 is 0 Å². The molecule has 6 rings (SSSR count). The number of carboxylic acids is 1. The fourth-order valence-electron chi connectivity index (χ4n) is 4.59. The van der Waals surface area contributed by atoms with Crippen molar-refractivity contribution in [1.29, 1.82) is 0 Å². The predicted octanol–water partition coefficient (Wildman–Crippen LogP) is 2.64. The summed E-state index contributed by atoms with van der Waals surface area (Å²) in [6.45, 7) is 0.972. The number of carbonyl (C=O) groups excluding carboxylic acids is 1. The van der Waals surface area contributed by atoms with Crippen LogP contribution in [-0.2, 0) is 29.4 Å². The van der Waals surface area contributed by atoms with Crippen LogP contribution < -0.4 is 49.9 Å². The maximum absolute atomic E-state index is 12.6. The number of halogens is 2. The molecule has 6 aromatic rings. The first-order chi connectivity index (χ1) is 24.1. The molecule has 0 fully saturated rings. The molecule has 0 bridgehead atoms. The molecule has 0 amide bonds. The SMILES string of the molecule is CC(=O)[O-].COc1ccc(S(=O)(=O)Cc2ccc(O)c3ccccc23)cc1.COc1ccc(S(=O)(=O)Cl)cc1.Cl.Nc1ccc(O)c2ccccc12.O.[Na+]. The van der Waals surface area contributed by atoms with E-state index in [-0.39, 0.29) is 74.5 Å². The molecular weight excluding hydrogens is 792 g/mol. The minimum atomic E-state index is -3.61. The number of phenolic OH excluding ortho intramolecular Hbond substituents is 2. The van der Waals surface area contributed by atoms with Crippen molar-refractivity contribution in [3.63, 3.8) is 0 Å². The van der Waals surface area contributed by atoms with Gasteiger partial charge in [0.15, 0.2) is 9.84 Å². The minimum Gasteiger partial charge on any atom is -0.550 e. The van der Waals surface area contributed by atoms with Gasteiger partial charge >= 0.3 is 29.6 Å². The zero-order valence-electron chi connectivity index (χ0n) is 29.6. The third-order valence-electron chi connectivity index (χ3n) is 7.03. The van der Waals surface area contributed by atoms with Crippen LogP contribution in [0.4, 0.5) is 5.69 Å². The third-order valence-corrected chi connectivity index (χ3v) is 10.1. The molecule has 0 aliphatic carbocycles. The maximum Gasteiger partial charge on any atom is 1.00 e. The average Bonchev–Trinajstić information content (AvgIpc) is 3.11. The number of carboxylic acid groups (broad SMARTS) is 1. The van der Waals surface area contributed by atoms with Crippen LogP contribution in [0.2, 0.25) is 0 Å². The summed E-state index contributed by atoms with van der Waals surface area (Å²) in [4.78, 5) is 9.21. The standard InChI is InChI=1S/C18H16O4S.C10H9NO.C7H7ClO3S.C2H4O2.ClH.Na.H2O/c1-22-14-7-9-15(10-8-14)23(20,21)12-13-6-11-18(19)17-5-3-2-4-16(13)17;11-9-5-6-10(12)8-4-2-1-3-7(8)9;1-11-6-2-4-7(5-3-6)12(8,9)10;1-2(3)4;;;/h2-11,19H,12H2,1H3;1-6,12H,11H2;2-5H,1H3;1H3,(H,3,4);1H;;1H2/q;;;;;+1;/p-1. The number of methoxy groups -OCH3 is 2. The van der Waals surface area contributed by atoms with Crippen LogP contribution in [0.1, 0.15) is 12.5 Å². The van der Waals surface area contributed by atoms with Crippen LogP contribution in [0.15, 0.2) is 131 Å². The Morgan fingerprint density at radius 3 is 1.44 bits per heavy atom. The van der Waals surface area contributed by atoms with Crippen molar-refractivity contribution in [2.24, 2.45) is 0 Å². The molecule has 17 heteroatoms. The zero-order valence-corrected chi connectivity index (χ0v) is 34.8. The molecule has 0 radical (unpaired) electrons. The zero-order chi connectivity index (χ0) is 37.8. The molecule has 6 N–H and O–H groups in total. The number of fused-ring (bicyclic) bond motifs is 2. The summed E-state index contributed by atoms with van der Waals surface area (Å²) in [5.41, 5.74) is 7.07. The predicted molar refractivity (Wildman–Crippen MR) is 207 cm³/mol. The number of hydrogen-bond donors (Lipinski definition) is 3. The van der Waals surface area contributed by atoms with E-state index in [4.69, 9.17) is 35.8 Å². The number of carbonyl (C=O) groups is 1. The van der Waals surface area contributed by atoms with Gasteiger partial charge in [0.1, 0.15) is 23.0 Å². The van der Waals surface area contributed by atoms with Gasteiger partial charge in [-0.1, -0.05) is 54.6 Å². The fraction of sp³-hybridized carbons (Fsp3) is 0.108. The summed E-state index contributed by atoms with van der Waals surface area (Å²) in [5, 5.41) is 31.3. The number of ether oxygens (including phenoxy) is 2. The van der Waals surface area contributed by atoms with E-state index in [0.29, 0.717) is 28.1 Å². The molecule has 284 valence electrons. The molecule has 0 unspecified atom stereocenters. The van der Waals surface area contributed by atoms with E-state index in [2.05, 4.69) is 0 Å². The Balaban J connectivity index is 0.000000775. The van der Waals surface area contributed by atoms with Gasteiger partial charge in [0, 0.05) is 38.5 Å². The molecule has 6 aromatic carbocycles. The van der Waals surface area contributed by atoms with Gasteiger partial charge in [0.2, 0.25) is 0 Å². The van der Waals surface area contributed by atoms with Crippen LogP contribution in [0.25, 0.3) is 21.5 Å². The molecule has 0 aromatic heterocycles. The minimum absolute atomic E-state index is 0. The monoisotopic (exact) mass is 829 g/mol. The summed E-state index contributed by atoms with van der Waals surface area (Å²) < 4.78 is 56.7. The van der Waals surface area contributed by atoms with Gasteiger partial charge in [0.05, 0.1) is 29.8 Å². The largest absolute Gasteiger partial charge is 1.00 e. The van der Waals surface area contributed by atoms with Gasteiger partial charge in [-0.05, 0) is 84.6 Å². The van der Waals surface area contributed by atoms with E-state index in [0.717, 1.165) is 23.1 Å². The number of phenols is 2. The molecule has 54 heavy (non-hydrogen) atoms. The van der Waals surface area contributed by atoms with Gasteiger partial charge in [-0.3, -0.25) is 0 Å². The number of benzene rings is 6. The number of sulfone groups is 1. The van der Waals surface area contributed by atoms with Crippen LogP contribution in [0.3, 0.4) is 0 Å². The van der Waals surface area contributed by atoms with Crippen LogP contribution in [0, 0.1) is 0 Å². The molecule has 0 aliphatic rings. The second-order valence-electron chi connectivity index (χ2n) is 10.5. The number of aromatic hydroxyl groups is 2. The fourth-order valence-corrected chi connectivity index (χ4v) is 6.74. The number of rotatable bonds is 6. The van der Waals surface area contributed by atoms with E-state index < -0.39 is 24.9 Å². The van der Waals surface area contributed by atoms with Crippen molar-refractivity contribution >= 4 is 75.2 Å². The molecule has 12 nitrogen and oxygen atoms in total. The van der Waals surface area contributed by atoms with Crippen molar-refractivity contribution in [3.05, 3.63) is 127 Å². The van der Waals surface area contributed by atoms with Gasteiger partial charge in [-0.15, -0.1) is 12.4 Å². The topological polar surface area (TPSA) is 225 Å². The number of anilines is 1. The van der Waals surface area contributed by atoms with E-state index in [1.165, 1.54) is 56.7 Å². The summed E-state index contributed by atoms with van der Waals surface area (Å²) in [6, 6.07) is 33.4. The molecule has 0 saturated carbocycles. The molecule has 0 heterocycles. The Morgan fingerprint density at radius 1 is 0.667 bits per heavy atom. The third kappa shape index (κ3) is 14.5. The van der Waals surface area contributed by atoms with E-state index in [1.807, 2.05) is 42.5 Å². The quantitative estimate of drug-likeness (QED) is 0.0958. The van der Waals surface area contributed by atoms with Crippen molar-refractivity contribution in [2.45, 2.75) is 22.5 Å². The van der Waals surface area contributed by atoms with Gasteiger partial charge in [0.25, 0.3) is 9.05 Å². The molecule has 0 spiro atoms. The Bertz CT molecular complexity index is 2280. The van der Waals surface area contributed by atoms with Crippen LogP contribution >= 0.6 is 23.1 Å². The van der Waals surface area contributed by atoms with Crippen molar-refractivity contribution in [1.82, 2.24) is 0 Å². The van der Waals surface area contributed by atoms with Crippen molar-refractivity contribution in [3.8, 4) is 23.0 Å². The Labute approximate surface area is 346 Å². The van der Waals surface area contributed by atoms with Crippen LogP contribution in [0.5, 0.6) is 23.0 Å². The summed E-state index contributed by atoms with van der Waals surface area (Å²) >= 11 is 0. The second kappa shape index (κ2) is 22.8. The molecule has 0 saturated heterocycles. The molecule has 0 aliphatic heterocycles. The van der Waals surface area contributed by atoms with Crippen molar-refractivity contribution in [2.75, 3.05) is 20.0 Å². The number of aliphatic carboxylic acids is 1. The first-order valence-electron chi connectivity index (χ1n) is 14.9. The Morgan fingerprint density at radius 2 is 1.04 bits per heavy atom. The first kappa shape index (κ1) is 49.8. The summed E-state index contributed by atoms with van der Waals surface area (Å²) in [5.74, 6) is 0.421.